The Labute approximate surface area is 231 Å². The summed E-state index contributed by atoms with van der Waals surface area (Å²) in [5.41, 5.74) is 3.22. The highest BCUT2D eigenvalue weighted by atomic mass is 32.2. The number of ether oxygens (including phenoxy) is 2. The lowest BCUT2D eigenvalue weighted by Gasteiger charge is -2.23. The highest BCUT2D eigenvalue weighted by Crippen LogP contribution is 2.32. The van der Waals surface area contributed by atoms with Crippen LogP contribution in [0, 0.1) is 5.95 Å². The summed E-state index contributed by atoms with van der Waals surface area (Å²) in [5, 5.41) is 0.798. The van der Waals surface area contributed by atoms with E-state index in [4.69, 9.17) is 14.0 Å². The van der Waals surface area contributed by atoms with Crippen LogP contribution in [0.2, 0.25) is 0 Å². The molecule has 13 heteroatoms. The van der Waals surface area contributed by atoms with Gasteiger partial charge in [0.25, 0.3) is 10.1 Å². The van der Waals surface area contributed by atoms with Crippen LogP contribution in [0.3, 0.4) is 0 Å². The number of nitrogens with zero attached hydrogens (tertiary/aromatic N) is 5. The van der Waals surface area contributed by atoms with Gasteiger partial charge in [-0.1, -0.05) is 6.07 Å². The molecule has 1 saturated heterocycles. The van der Waals surface area contributed by atoms with E-state index >= 15 is 4.39 Å². The van der Waals surface area contributed by atoms with Crippen LogP contribution in [0.25, 0.3) is 33.1 Å². The molecule has 4 heterocycles. The second kappa shape index (κ2) is 12.4. The van der Waals surface area contributed by atoms with Gasteiger partial charge in [-0.3, -0.25) is 18.7 Å². The molecule has 11 nitrogen and oxygen atoms in total. The molecule has 3 aromatic heterocycles. The lowest BCUT2D eigenvalue weighted by Crippen LogP contribution is -2.31. The Bertz CT molecular complexity index is 1650. The van der Waals surface area contributed by atoms with Crippen LogP contribution in [0.15, 0.2) is 41.3 Å². The number of aryl methyl sites for hydroxylation is 1. The van der Waals surface area contributed by atoms with E-state index in [2.05, 4.69) is 14.9 Å². The largest absolute Gasteiger partial charge is 0.478 e. The molecule has 5 rings (SSSR count). The van der Waals surface area contributed by atoms with Crippen LogP contribution in [0.1, 0.15) is 25.3 Å². The molecule has 0 bridgehead atoms. The summed E-state index contributed by atoms with van der Waals surface area (Å²) >= 11 is 0. The van der Waals surface area contributed by atoms with E-state index in [9.17, 15) is 13.2 Å². The van der Waals surface area contributed by atoms with Crippen molar-refractivity contribution >= 4 is 32.1 Å². The van der Waals surface area contributed by atoms with Gasteiger partial charge in [-0.05, 0) is 57.1 Å². The van der Waals surface area contributed by atoms with E-state index < -0.39 is 16.1 Å². The van der Waals surface area contributed by atoms with E-state index in [0.717, 1.165) is 47.7 Å². The van der Waals surface area contributed by atoms with Crippen molar-refractivity contribution in [3.8, 4) is 17.0 Å². The van der Waals surface area contributed by atoms with E-state index in [0.29, 0.717) is 37.2 Å². The first-order valence-corrected chi connectivity index (χ1v) is 14.7. The fourth-order valence-corrected chi connectivity index (χ4v) is 4.73. The van der Waals surface area contributed by atoms with E-state index in [1.165, 1.54) is 0 Å². The lowest BCUT2D eigenvalue weighted by atomic mass is 10.0. The Balaban J connectivity index is 0.000000681. The van der Waals surface area contributed by atoms with Gasteiger partial charge in [0.1, 0.15) is 0 Å². The van der Waals surface area contributed by atoms with Crippen LogP contribution in [0.5, 0.6) is 5.88 Å². The van der Waals surface area contributed by atoms with Crippen molar-refractivity contribution in [2.75, 3.05) is 46.7 Å². The number of hydrogen-bond acceptors (Lipinski definition) is 8. The molecule has 0 aliphatic carbocycles. The molecule has 40 heavy (non-hydrogen) atoms. The van der Waals surface area contributed by atoms with Crippen molar-refractivity contribution in [2.45, 2.75) is 25.3 Å². The molecule has 1 aliphatic rings. The minimum Gasteiger partial charge on any atom is -0.478 e. The van der Waals surface area contributed by atoms with Gasteiger partial charge in [0.2, 0.25) is 11.8 Å². The zero-order valence-corrected chi connectivity index (χ0v) is 23.8. The normalized spacial score (nSPS) is 15.8. The van der Waals surface area contributed by atoms with Crippen LogP contribution in [-0.4, -0.2) is 83.7 Å². The first kappa shape index (κ1) is 29.6. The molecule has 0 amide bonds. The topological polar surface area (TPSA) is 129 Å². The van der Waals surface area contributed by atoms with Gasteiger partial charge < -0.3 is 14.4 Å². The Morgan fingerprint density at radius 3 is 2.65 bits per heavy atom. The molecule has 216 valence electrons. The Morgan fingerprint density at radius 2 is 2.00 bits per heavy atom. The summed E-state index contributed by atoms with van der Waals surface area (Å²) in [6.07, 6.45) is 5.05. The molecular formula is C27H34FN5O6S. The van der Waals surface area contributed by atoms with Crippen molar-refractivity contribution < 1.29 is 26.8 Å². The summed E-state index contributed by atoms with van der Waals surface area (Å²) in [6, 6.07) is 8.90. The summed E-state index contributed by atoms with van der Waals surface area (Å²) in [4.78, 5) is 23.8. The zero-order chi connectivity index (χ0) is 29.0. The molecule has 4 aromatic rings. The number of hydrogen-bond donors (Lipinski definition) is 1. The monoisotopic (exact) mass is 575 g/mol. The third-order valence-electron chi connectivity index (χ3n) is 6.55. The fourth-order valence-electron chi connectivity index (χ4n) is 4.73. The van der Waals surface area contributed by atoms with Crippen molar-refractivity contribution in [2.24, 2.45) is 7.05 Å². The Hall–Kier alpha value is -3.39. The second-order valence-electron chi connectivity index (χ2n) is 10.0. The summed E-state index contributed by atoms with van der Waals surface area (Å²) < 4.78 is 55.6. The summed E-state index contributed by atoms with van der Waals surface area (Å²) in [5.74, 6) is -0.329. The molecular weight excluding hydrogens is 541 g/mol. The summed E-state index contributed by atoms with van der Waals surface area (Å²) in [6.45, 7) is 2.57. The van der Waals surface area contributed by atoms with Gasteiger partial charge in [-0.25, -0.2) is 4.79 Å². The number of imidazole rings is 1. The number of rotatable bonds is 7. The minimum absolute atomic E-state index is 0.0449. The molecule has 0 unspecified atom stereocenters. The van der Waals surface area contributed by atoms with Gasteiger partial charge >= 0.3 is 5.69 Å². The smallest absolute Gasteiger partial charge is 0.329 e. The highest BCUT2D eigenvalue weighted by molar-refractivity contribution is 7.85. The SMILES string of the molecule is CN(C)CCCOc1ccc(-c2ccc3ncc4c(c3c2)n([C@@H]2CCCOC2)c(=O)n4C)c(F)n1.CS(=O)(=O)O. The molecule has 1 aromatic carbocycles. The van der Waals surface area contributed by atoms with E-state index in [1.807, 2.05) is 36.9 Å². The van der Waals surface area contributed by atoms with Gasteiger partial charge in [-0.2, -0.15) is 17.8 Å². The van der Waals surface area contributed by atoms with Crippen molar-refractivity contribution in [3.63, 3.8) is 0 Å². The number of fused-ring (bicyclic) bond motifs is 3. The lowest BCUT2D eigenvalue weighted by molar-refractivity contribution is 0.0593. The number of aromatic nitrogens is 4. The molecule has 1 atom stereocenters. The predicted molar refractivity (Wildman–Crippen MR) is 151 cm³/mol. The molecule has 0 radical (unpaired) electrons. The minimum atomic E-state index is -3.67. The van der Waals surface area contributed by atoms with E-state index in [1.54, 1.807) is 29.9 Å². The van der Waals surface area contributed by atoms with Crippen LogP contribution < -0.4 is 10.4 Å². The number of benzene rings is 1. The van der Waals surface area contributed by atoms with Gasteiger partial charge in [-0.15, -0.1) is 0 Å². The third-order valence-corrected chi connectivity index (χ3v) is 6.55. The highest BCUT2D eigenvalue weighted by Gasteiger charge is 2.24. The maximum Gasteiger partial charge on any atom is 0.329 e. The fraction of sp³-hybridized carbons (Fsp3) is 0.444. The quantitative estimate of drug-likeness (QED) is 0.201. The van der Waals surface area contributed by atoms with Gasteiger partial charge in [0.05, 0.1) is 48.3 Å². The zero-order valence-electron chi connectivity index (χ0n) is 23.0. The van der Waals surface area contributed by atoms with Crippen LogP contribution in [-0.2, 0) is 21.9 Å². The van der Waals surface area contributed by atoms with Crippen LogP contribution in [0.4, 0.5) is 4.39 Å². The van der Waals surface area contributed by atoms with Gasteiger partial charge in [0, 0.05) is 37.2 Å². The van der Waals surface area contributed by atoms with Crippen molar-refractivity contribution in [1.29, 1.82) is 0 Å². The first-order valence-electron chi connectivity index (χ1n) is 12.9. The predicted octanol–water partition coefficient (Wildman–Crippen LogP) is 3.28. The molecule has 1 aliphatic heterocycles. The number of pyridine rings is 2. The second-order valence-corrected chi connectivity index (χ2v) is 11.5. The molecule has 0 saturated carbocycles. The van der Waals surface area contributed by atoms with E-state index in [-0.39, 0.29) is 17.6 Å². The first-order chi connectivity index (χ1) is 18.9. The Morgan fingerprint density at radius 1 is 1.25 bits per heavy atom. The molecule has 1 fully saturated rings. The van der Waals surface area contributed by atoms with Crippen LogP contribution >= 0.6 is 0 Å². The summed E-state index contributed by atoms with van der Waals surface area (Å²) in [7, 11) is 2.08. The molecule has 0 spiro atoms. The van der Waals surface area contributed by atoms with Crippen molar-refractivity contribution in [3.05, 3.63) is 53.0 Å². The van der Waals surface area contributed by atoms with Gasteiger partial charge in [0.15, 0.2) is 0 Å². The Kier molecular flexibility index (Phi) is 9.19. The standard InChI is InChI=1S/C26H30FN5O3.CH4O3S/c1-30(2)11-5-13-35-23-10-8-19(25(27)29-23)17-7-9-21-20(14-17)24-22(15-28-21)31(3)26(33)32(24)18-6-4-12-34-16-18;1-5(2,3)4/h7-10,14-15,18H,4-6,11-13,16H2,1-3H3;1H3,(H,2,3,4)/t18-;/m1./s1. The average molecular weight is 576 g/mol. The number of halogens is 1. The maximum atomic E-state index is 15.0. The maximum absolute atomic E-state index is 15.0. The third kappa shape index (κ3) is 7.02. The average Bonchev–Trinajstić information content (AvgIpc) is 3.16. The van der Waals surface area contributed by atoms with Crippen molar-refractivity contribution in [1.82, 2.24) is 24.0 Å². The molecule has 1 N–H and O–H groups in total.